The minimum Gasteiger partial charge on any atom is -0.456 e. The van der Waals surface area contributed by atoms with Crippen LogP contribution in [0.5, 0.6) is 0 Å². The molecule has 0 aliphatic heterocycles. The number of hydrogen-bond donors (Lipinski definition) is 0. The monoisotopic (exact) mass is 1140 g/mol. The highest BCUT2D eigenvalue weighted by Crippen LogP contribution is 2.28. The standard InChI is InChI=1S/C50H60O12S9/c1-47(2,3)60-41(54)35-17-11-32(12-18-35)29-69-44(63)66-26-23-38(51)57-50(10,58-39(52)24-27-67-45(64)70-30-33-13-19-36(20-14-33)42(55)61-48(4,5)6)59-40(53)25-28-68-46(65)71-31-34-15-21-37(22-16-34)43(56)62-49(7,8)9/h11-22H,23-31H2,1-10H3. The van der Waals surface area contributed by atoms with Crippen LogP contribution in [-0.2, 0) is 60.1 Å². The van der Waals surface area contributed by atoms with Crippen LogP contribution in [0, 0.1) is 0 Å². The zero-order valence-electron chi connectivity index (χ0n) is 41.4. The van der Waals surface area contributed by atoms with Gasteiger partial charge in [-0.15, -0.1) is 70.6 Å². The van der Waals surface area contributed by atoms with E-state index in [0.29, 0.717) is 44.5 Å². The van der Waals surface area contributed by atoms with Crippen molar-refractivity contribution in [3.63, 3.8) is 0 Å². The molecule has 71 heavy (non-hydrogen) atoms. The highest BCUT2D eigenvalue weighted by molar-refractivity contribution is 8.47. The smallest absolute Gasteiger partial charge is 0.420 e. The fourth-order valence-corrected chi connectivity index (χ4v) is 11.6. The van der Waals surface area contributed by atoms with Crippen LogP contribution in [0.25, 0.3) is 0 Å². The van der Waals surface area contributed by atoms with Crippen molar-refractivity contribution in [1.82, 2.24) is 0 Å². The van der Waals surface area contributed by atoms with E-state index < -0.39 is 58.6 Å². The summed E-state index contributed by atoms with van der Waals surface area (Å²) >= 11 is 24.5. The Bertz CT molecular complexity index is 2080. The van der Waals surface area contributed by atoms with E-state index in [9.17, 15) is 28.8 Å². The van der Waals surface area contributed by atoms with E-state index in [0.717, 1.165) is 16.7 Å². The van der Waals surface area contributed by atoms with Crippen molar-refractivity contribution in [2.24, 2.45) is 0 Å². The molecule has 0 radical (unpaired) electrons. The van der Waals surface area contributed by atoms with Crippen LogP contribution >= 0.6 is 107 Å². The number of carbonyl (C=O) groups is 6. The molecule has 386 valence electrons. The lowest BCUT2D eigenvalue weighted by Crippen LogP contribution is -2.42. The zero-order valence-corrected chi connectivity index (χ0v) is 48.7. The van der Waals surface area contributed by atoms with Gasteiger partial charge in [-0.2, -0.15) is 0 Å². The third-order valence-corrected chi connectivity index (χ3v) is 16.6. The van der Waals surface area contributed by atoms with Crippen molar-refractivity contribution in [3.8, 4) is 0 Å². The summed E-state index contributed by atoms with van der Waals surface area (Å²) in [4.78, 5) is 76.6. The summed E-state index contributed by atoms with van der Waals surface area (Å²) in [5.41, 5.74) is 2.34. The molecule has 0 bridgehead atoms. The molecular formula is C50H60O12S9. The zero-order chi connectivity index (χ0) is 53.0. The Morgan fingerprint density at radius 1 is 0.366 bits per heavy atom. The van der Waals surface area contributed by atoms with E-state index >= 15 is 0 Å². The molecule has 21 heteroatoms. The van der Waals surface area contributed by atoms with Crippen molar-refractivity contribution >= 4 is 154 Å². The molecule has 12 nitrogen and oxygen atoms in total. The quantitative estimate of drug-likeness (QED) is 0.0429. The lowest BCUT2D eigenvalue weighted by Gasteiger charge is -2.28. The molecule has 0 unspecified atom stereocenters. The van der Waals surface area contributed by atoms with Gasteiger partial charge in [0.25, 0.3) is 0 Å². The fourth-order valence-electron chi connectivity index (χ4n) is 5.26. The van der Waals surface area contributed by atoms with E-state index in [4.69, 9.17) is 65.1 Å². The molecule has 3 aromatic rings. The van der Waals surface area contributed by atoms with Crippen molar-refractivity contribution in [2.75, 3.05) is 17.3 Å². The van der Waals surface area contributed by atoms with Crippen LogP contribution in [0.1, 0.15) is 136 Å². The molecule has 3 rings (SSSR count). The lowest BCUT2D eigenvalue weighted by atomic mass is 10.1. The van der Waals surface area contributed by atoms with Gasteiger partial charge < -0.3 is 28.4 Å². The molecule has 0 aromatic heterocycles. The first-order valence-corrected chi connectivity index (χ1v) is 29.2. The van der Waals surface area contributed by atoms with Gasteiger partial charge in [-0.3, -0.25) is 14.4 Å². The molecule has 0 amide bonds. The number of esters is 6. The van der Waals surface area contributed by atoms with Gasteiger partial charge in [0.05, 0.1) is 42.9 Å². The summed E-state index contributed by atoms with van der Waals surface area (Å²) in [5.74, 6) is -3.64. The third-order valence-electron chi connectivity index (χ3n) is 8.31. The van der Waals surface area contributed by atoms with Crippen LogP contribution in [-0.4, -0.2) is 86.4 Å². The summed E-state index contributed by atoms with van der Waals surface area (Å²) in [6.45, 7) is 17.4. The normalized spacial score (nSPS) is 11.7. The molecule has 0 saturated heterocycles. The number of hydrogen-bond acceptors (Lipinski definition) is 21. The van der Waals surface area contributed by atoms with Crippen LogP contribution < -0.4 is 0 Å². The fraction of sp³-hybridized carbons (Fsp3) is 0.460. The number of rotatable bonds is 21. The lowest BCUT2D eigenvalue weighted by molar-refractivity contribution is -0.320. The molecule has 0 aliphatic rings. The maximum atomic E-state index is 13.2. The number of thiocarbonyl (C=S) groups is 3. The first-order chi connectivity index (χ1) is 33.1. The van der Waals surface area contributed by atoms with E-state index in [-0.39, 0.29) is 36.5 Å². The van der Waals surface area contributed by atoms with Crippen LogP contribution in [0.4, 0.5) is 0 Å². The topological polar surface area (TPSA) is 158 Å². The SMILES string of the molecule is CC(C)(C)OC(=O)c1ccc(CSC(=S)SCCC(=O)OC(C)(OC(=O)CCSC(=S)SCc2ccc(C(=O)OC(C)(C)C)cc2)OC(=O)CCSC(=S)SCc2ccc(C(=O)OC(C)(C)C)cc2)cc1. The van der Waals surface area contributed by atoms with Gasteiger partial charge in [0.15, 0.2) is 0 Å². The van der Waals surface area contributed by atoms with E-state index in [2.05, 4.69) is 0 Å². The molecular weight excluding hydrogens is 1080 g/mol. The highest BCUT2D eigenvalue weighted by atomic mass is 32.2. The third kappa shape index (κ3) is 27.1. The van der Waals surface area contributed by atoms with Gasteiger partial charge in [-0.25, -0.2) is 14.4 Å². The average Bonchev–Trinajstić information content (AvgIpc) is 3.25. The van der Waals surface area contributed by atoms with Gasteiger partial charge in [-0.1, -0.05) is 73.1 Å². The number of benzene rings is 3. The van der Waals surface area contributed by atoms with Gasteiger partial charge >= 0.3 is 41.8 Å². The van der Waals surface area contributed by atoms with Crippen molar-refractivity contribution < 1.29 is 57.2 Å². The first kappa shape index (κ1) is 62.1. The van der Waals surface area contributed by atoms with E-state index in [1.807, 2.05) is 36.4 Å². The number of thioether (sulfide) groups is 6. The summed E-state index contributed by atoms with van der Waals surface area (Å²) < 4.78 is 34.5. The van der Waals surface area contributed by atoms with Crippen molar-refractivity contribution in [3.05, 3.63) is 106 Å². The highest BCUT2D eigenvalue weighted by Gasteiger charge is 2.38. The molecule has 0 fully saturated rings. The minimum absolute atomic E-state index is 0.142. The Kier molecular flexibility index (Phi) is 26.0. The van der Waals surface area contributed by atoms with Crippen LogP contribution in [0.3, 0.4) is 0 Å². The molecule has 3 aromatic carbocycles. The second kappa shape index (κ2) is 29.7. The Balaban J connectivity index is 1.51. The Hall–Kier alpha value is -3.15. The predicted octanol–water partition coefficient (Wildman–Crippen LogP) is 13.2. The maximum absolute atomic E-state index is 13.2. The molecule has 0 heterocycles. The van der Waals surface area contributed by atoms with Gasteiger partial charge in [0.1, 0.15) is 27.4 Å². The maximum Gasteiger partial charge on any atom is 0.420 e. The molecule has 0 saturated carbocycles. The van der Waals surface area contributed by atoms with Gasteiger partial charge in [0.2, 0.25) is 0 Å². The Morgan fingerprint density at radius 3 is 0.803 bits per heavy atom. The van der Waals surface area contributed by atoms with Crippen LogP contribution in [0.2, 0.25) is 0 Å². The molecule has 0 N–H and O–H groups in total. The second-order valence-electron chi connectivity index (χ2n) is 18.3. The second-order valence-corrected chi connectivity index (χ2v) is 28.1. The molecule has 0 spiro atoms. The summed E-state index contributed by atoms with van der Waals surface area (Å²) in [6.07, 6.45) is -0.426. The number of ether oxygens (including phenoxy) is 6. The van der Waals surface area contributed by atoms with Crippen molar-refractivity contribution in [1.29, 1.82) is 0 Å². The summed E-state index contributed by atoms with van der Waals surface area (Å²) in [6, 6.07) is 21.2. The van der Waals surface area contributed by atoms with Crippen LogP contribution in [0.15, 0.2) is 72.8 Å². The van der Waals surface area contributed by atoms with Gasteiger partial charge in [0, 0.05) is 34.5 Å². The first-order valence-electron chi connectivity index (χ1n) is 22.1. The largest absolute Gasteiger partial charge is 0.456 e. The minimum atomic E-state index is -2.37. The number of carbonyl (C=O) groups excluding carboxylic acids is 6. The summed E-state index contributed by atoms with van der Waals surface area (Å²) in [7, 11) is 0. The van der Waals surface area contributed by atoms with Gasteiger partial charge in [-0.05, 0) is 115 Å². The predicted molar refractivity (Wildman–Crippen MR) is 304 cm³/mol. The summed E-state index contributed by atoms with van der Waals surface area (Å²) in [5, 5.41) is 0. The van der Waals surface area contributed by atoms with Crippen molar-refractivity contribution in [2.45, 2.75) is 129 Å². The Labute approximate surface area is 459 Å². The molecule has 0 aliphatic carbocycles. The Morgan fingerprint density at radius 2 is 0.592 bits per heavy atom. The van der Waals surface area contributed by atoms with E-state index in [1.165, 1.54) is 77.5 Å². The molecule has 0 atom stereocenters. The average molecular weight is 1140 g/mol. The van der Waals surface area contributed by atoms with E-state index in [1.54, 1.807) is 98.7 Å².